The molecule has 0 radical (unpaired) electrons. The number of anilines is 3. The topological polar surface area (TPSA) is 16.4 Å². The van der Waals surface area contributed by atoms with Crippen LogP contribution in [0.2, 0.25) is 0 Å². The zero-order valence-electron chi connectivity index (χ0n) is 25.4. The maximum atomic E-state index is 6.72. The number of para-hydroxylation sites is 3. The summed E-state index contributed by atoms with van der Waals surface area (Å²) in [5, 5.41) is 9.69. The summed E-state index contributed by atoms with van der Waals surface area (Å²) in [6.07, 6.45) is 0. The summed E-state index contributed by atoms with van der Waals surface area (Å²) >= 11 is 1.87. The third-order valence-electron chi connectivity index (χ3n) is 9.45. The van der Waals surface area contributed by atoms with E-state index in [4.69, 9.17) is 4.42 Å². The molecule has 10 rings (SSSR count). The predicted molar refractivity (Wildman–Crippen MR) is 202 cm³/mol. The first-order valence-electron chi connectivity index (χ1n) is 15.9. The Kier molecular flexibility index (Phi) is 5.78. The highest BCUT2D eigenvalue weighted by molar-refractivity contribution is 7.26. The Morgan fingerprint density at radius 2 is 1.02 bits per heavy atom. The SMILES string of the molecule is c1ccc(N(c2cc3ccccc3c3ccccc23)c2cccc3c2oc2ccccc23)c(-c2cccc3c2sc2ccccc23)c1. The molecule has 0 amide bonds. The van der Waals surface area contributed by atoms with Gasteiger partial charge in [0.25, 0.3) is 0 Å². The molecule has 0 aliphatic heterocycles. The standard InChI is InChI=1S/C44H27NOS/c1-2-14-29-28(13-1)27-40(31-16-4-3-15-30(29)31)45(39-24-12-20-35-33-18-6-9-25-41(33)46-43(35)39)38-23-8-5-17-32(38)36-21-11-22-37-34-19-7-10-26-42(34)47-44(36)37/h1-27H. The average Bonchev–Trinajstić information content (AvgIpc) is 3.71. The van der Waals surface area contributed by atoms with E-state index >= 15 is 0 Å². The van der Waals surface area contributed by atoms with Crippen molar-refractivity contribution in [2.45, 2.75) is 0 Å². The van der Waals surface area contributed by atoms with E-state index in [9.17, 15) is 0 Å². The van der Waals surface area contributed by atoms with Crippen LogP contribution in [0.3, 0.4) is 0 Å². The molecule has 0 unspecified atom stereocenters. The summed E-state index contributed by atoms with van der Waals surface area (Å²) in [7, 11) is 0. The molecule has 0 aliphatic rings. The first kappa shape index (κ1) is 26.3. The molecule has 0 saturated carbocycles. The Balaban J connectivity index is 1.34. The number of furan rings is 1. The normalized spacial score (nSPS) is 11.8. The van der Waals surface area contributed by atoms with Crippen molar-refractivity contribution in [2.24, 2.45) is 0 Å². The lowest BCUT2D eigenvalue weighted by Crippen LogP contribution is -2.12. The van der Waals surface area contributed by atoms with Gasteiger partial charge in [0.2, 0.25) is 0 Å². The molecule has 0 fully saturated rings. The zero-order chi connectivity index (χ0) is 30.9. The number of rotatable bonds is 4. The fourth-order valence-corrected chi connectivity index (χ4v) is 8.60. The van der Waals surface area contributed by atoms with Crippen LogP contribution in [0.4, 0.5) is 17.1 Å². The summed E-state index contributed by atoms with van der Waals surface area (Å²) in [5.41, 5.74) is 7.40. The highest BCUT2D eigenvalue weighted by Crippen LogP contribution is 2.50. The van der Waals surface area contributed by atoms with Crippen LogP contribution in [-0.4, -0.2) is 0 Å². The van der Waals surface area contributed by atoms with E-state index in [1.807, 2.05) is 17.4 Å². The molecule has 2 aromatic heterocycles. The van der Waals surface area contributed by atoms with Crippen molar-refractivity contribution in [1.29, 1.82) is 0 Å². The Morgan fingerprint density at radius 3 is 1.94 bits per heavy atom. The van der Waals surface area contributed by atoms with Gasteiger partial charge < -0.3 is 9.32 Å². The summed E-state index contributed by atoms with van der Waals surface area (Å²) in [4.78, 5) is 2.43. The van der Waals surface area contributed by atoms with Crippen molar-refractivity contribution in [3.63, 3.8) is 0 Å². The Hall–Kier alpha value is -5.90. The molecule has 220 valence electrons. The third kappa shape index (κ3) is 3.97. The van der Waals surface area contributed by atoms with E-state index < -0.39 is 0 Å². The minimum atomic E-state index is 0.876. The number of hydrogen-bond donors (Lipinski definition) is 0. The molecule has 47 heavy (non-hydrogen) atoms. The van der Waals surface area contributed by atoms with Gasteiger partial charge in [0.1, 0.15) is 5.58 Å². The third-order valence-corrected chi connectivity index (χ3v) is 10.7. The van der Waals surface area contributed by atoms with Crippen molar-refractivity contribution >= 4 is 92.1 Å². The zero-order valence-corrected chi connectivity index (χ0v) is 26.2. The Bertz CT molecular complexity index is 2820. The van der Waals surface area contributed by atoms with Crippen LogP contribution in [-0.2, 0) is 0 Å². The smallest absolute Gasteiger partial charge is 0.159 e. The predicted octanol–water partition coefficient (Wildman–Crippen LogP) is 13.4. The molecule has 0 bridgehead atoms. The van der Waals surface area contributed by atoms with Gasteiger partial charge in [-0.3, -0.25) is 0 Å². The number of fused-ring (bicyclic) bond motifs is 9. The molecule has 2 nitrogen and oxygen atoms in total. The fraction of sp³-hybridized carbons (Fsp3) is 0. The highest BCUT2D eigenvalue weighted by Gasteiger charge is 2.25. The lowest BCUT2D eigenvalue weighted by molar-refractivity contribution is 0.669. The quantitative estimate of drug-likeness (QED) is 0.183. The van der Waals surface area contributed by atoms with E-state index in [1.165, 1.54) is 52.8 Å². The second-order valence-corrected chi connectivity index (χ2v) is 13.1. The van der Waals surface area contributed by atoms with Crippen LogP contribution in [0.1, 0.15) is 0 Å². The molecule has 0 N–H and O–H groups in total. The molecular weight excluding hydrogens is 591 g/mol. The van der Waals surface area contributed by atoms with Gasteiger partial charge in [0, 0.05) is 47.5 Å². The van der Waals surface area contributed by atoms with Gasteiger partial charge in [-0.05, 0) is 46.5 Å². The van der Waals surface area contributed by atoms with Crippen LogP contribution >= 0.6 is 11.3 Å². The van der Waals surface area contributed by atoms with Crippen molar-refractivity contribution < 1.29 is 4.42 Å². The van der Waals surface area contributed by atoms with E-state index in [-0.39, 0.29) is 0 Å². The van der Waals surface area contributed by atoms with E-state index in [0.717, 1.165) is 39.0 Å². The molecule has 2 heterocycles. The lowest BCUT2D eigenvalue weighted by Gasteiger charge is -2.29. The number of nitrogens with zero attached hydrogens (tertiary/aromatic N) is 1. The van der Waals surface area contributed by atoms with E-state index in [2.05, 4.69) is 163 Å². The van der Waals surface area contributed by atoms with Gasteiger partial charge in [0.05, 0.1) is 17.1 Å². The van der Waals surface area contributed by atoms with Gasteiger partial charge in [-0.1, -0.05) is 133 Å². The van der Waals surface area contributed by atoms with Gasteiger partial charge in [-0.25, -0.2) is 0 Å². The van der Waals surface area contributed by atoms with Crippen LogP contribution in [0.5, 0.6) is 0 Å². The minimum Gasteiger partial charge on any atom is -0.454 e. The molecule has 0 aliphatic carbocycles. The van der Waals surface area contributed by atoms with Crippen LogP contribution in [0.25, 0.3) is 74.8 Å². The summed E-state index contributed by atoms with van der Waals surface area (Å²) in [6.45, 7) is 0. The fourth-order valence-electron chi connectivity index (χ4n) is 7.37. The van der Waals surface area contributed by atoms with Crippen LogP contribution in [0, 0.1) is 0 Å². The molecule has 8 aromatic carbocycles. The summed E-state index contributed by atoms with van der Waals surface area (Å²) in [6, 6.07) is 59.0. The number of benzene rings is 8. The van der Waals surface area contributed by atoms with Crippen LogP contribution in [0.15, 0.2) is 168 Å². The molecule has 0 saturated heterocycles. The second kappa shape index (κ2) is 10.3. The Labute approximate surface area is 275 Å². The van der Waals surface area contributed by atoms with Gasteiger partial charge in [-0.2, -0.15) is 0 Å². The lowest BCUT2D eigenvalue weighted by atomic mass is 9.96. The van der Waals surface area contributed by atoms with Gasteiger partial charge in [-0.15, -0.1) is 11.3 Å². The first-order chi connectivity index (χ1) is 23.3. The van der Waals surface area contributed by atoms with E-state index in [1.54, 1.807) is 0 Å². The average molecular weight is 618 g/mol. The number of hydrogen-bond acceptors (Lipinski definition) is 3. The monoisotopic (exact) mass is 617 g/mol. The molecular formula is C44H27NOS. The molecule has 0 spiro atoms. The maximum absolute atomic E-state index is 6.72. The van der Waals surface area contributed by atoms with Crippen molar-refractivity contribution in [3.8, 4) is 11.1 Å². The van der Waals surface area contributed by atoms with Crippen molar-refractivity contribution in [1.82, 2.24) is 0 Å². The van der Waals surface area contributed by atoms with E-state index in [0.29, 0.717) is 0 Å². The highest BCUT2D eigenvalue weighted by atomic mass is 32.1. The largest absolute Gasteiger partial charge is 0.454 e. The second-order valence-electron chi connectivity index (χ2n) is 12.0. The van der Waals surface area contributed by atoms with Gasteiger partial charge in [0.15, 0.2) is 5.58 Å². The summed E-state index contributed by atoms with van der Waals surface area (Å²) in [5.74, 6) is 0. The van der Waals surface area contributed by atoms with Crippen molar-refractivity contribution in [2.75, 3.05) is 4.90 Å². The molecule has 10 aromatic rings. The molecule has 3 heteroatoms. The minimum absolute atomic E-state index is 0.876. The maximum Gasteiger partial charge on any atom is 0.159 e. The Morgan fingerprint density at radius 1 is 0.404 bits per heavy atom. The van der Waals surface area contributed by atoms with Gasteiger partial charge >= 0.3 is 0 Å². The van der Waals surface area contributed by atoms with Crippen molar-refractivity contribution in [3.05, 3.63) is 164 Å². The number of thiophene rings is 1. The first-order valence-corrected chi connectivity index (χ1v) is 16.8. The molecule has 0 atom stereocenters. The summed E-state index contributed by atoms with van der Waals surface area (Å²) < 4.78 is 9.32. The van der Waals surface area contributed by atoms with Crippen LogP contribution < -0.4 is 4.90 Å².